The van der Waals surface area contributed by atoms with Gasteiger partial charge >= 0.3 is 11.9 Å². The highest BCUT2D eigenvalue weighted by Crippen LogP contribution is 2.26. The van der Waals surface area contributed by atoms with Crippen LogP contribution in [0.4, 0.5) is 5.13 Å². The molecule has 132 valence electrons. The number of oxime groups is 1. The van der Waals surface area contributed by atoms with Gasteiger partial charge in [-0.05, 0) is 20.8 Å². The lowest BCUT2D eigenvalue weighted by atomic mass is 10.2. The number of aromatic nitrogens is 1. The number of nitrogens with zero attached hydrogens (tertiary/aromatic N) is 2. The van der Waals surface area contributed by atoms with Crippen molar-refractivity contribution in [2.24, 2.45) is 5.16 Å². The number of aliphatic carboxylic acids is 1. The minimum Gasteiger partial charge on any atom is -0.477 e. The van der Waals surface area contributed by atoms with E-state index in [4.69, 9.17) is 26.3 Å². The van der Waals surface area contributed by atoms with E-state index in [2.05, 4.69) is 15.5 Å². The van der Waals surface area contributed by atoms with Gasteiger partial charge in [0.25, 0.3) is 6.10 Å². The Morgan fingerprint density at radius 1 is 1.50 bits per heavy atom. The average molecular weight is 378 g/mol. The van der Waals surface area contributed by atoms with Crippen molar-refractivity contribution in [1.82, 2.24) is 4.98 Å². The Labute approximate surface area is 146 Å². The van der Waals surface area contributed by atoms with Gasteiger partial charge in [0.2, 0.25) is 5.91 Å². The molecule has 1 rings (SSSR count). The molecule has 24 heavy (non-hydrogen) atoms. The highest BCUT2D eigenvalue weighted by atomic mass is 35.5. The molecule has 0 spiro atoms. The number of carbonyl (C=O) groups excluding carboxylic acids is 2. The molecule has 1 unspecified atom stereocenters. The first-order valence-electron chi connectivity index (χ1n) is 6.58. The third-order valence-corrected chi connectivity index (χ3v) is 3.13. The predicted molar refractivity (Wildman–Crippen MR) is 87.3 cm³/mol. The van der Waals surface area contributed by atoms with E-state index in [-0.39, 0.29) is 16.7 Å². The van der Waals surface area contributed by atoms with E-state index in [0.717, 1.165) is 11.3 Å². The van der Waals surface area contributed by atoms with E-state index >= 15 is 0 Å². The van der Waals surface area contributed by atoms with Gasteiger partial charge in [0, 0.05) is 5.38 Å². The Morgan fingerprint density at radius 3 is 2.71 bits per heavy atom. The SMILES string of the molecule is CC(C)(C)OC(=O)C(ON=CC(=O)O)c1csc(NC(=O)CCl)n1. The molecule has 1 aromatic heterocycles. The summed E-state index contributed by atoms with van der Waals surface area (Å²) in [4.78, 5) is 42.8. The zero-order valence-corrected chi connectivity index (χ0v) is 14.7. The normalized spacial score (nSPS) is 12.7. The molecule has 0 fully saturated rings. The fraction of sp³-hybridized carbons (Fsp3) is 0.462. The fourth-order valence-electron chi connectivity index (χ4n) is 1.33. The fourth-order valence-corrected chi connectivity index (χ4v) is 2.13. The number of nitrogens with one attached hydrogen (secondary N) is 1. The quantitative estimate of drug-likeness (QED) is 0.321. The van der Waals surface area contributed by atoms with Crippen molar-refractivity contribution in [2.45, 2.75) is 32.5 Å². The number of carboxylic acid groups (broad SMARTS) is 1. The molecular formula is C13H16ClN3O6S. The van der Waals surface area contributed by atoms with E-state index in [9.17, 15) is 14.4 Å². The maximum absolute atomic E-state index is 12.2. The maximum Gasteiger partial charge on any atom is 0.357 e. The summed E-state index contributed by atoms with van der Waals surface area (Å²) >= 11 is 6.42. The molecule has 0 saturated heterocycles. The van der Waals surface area contributed by atoms with Gasteiger partial charge in [-0.3, -0.25) is 4.79 Å². The number of ether oxygens (including phenoxy) is 1. The van der Waals surface area contributed by atoms with Crippen LogP contribution in [-0.2, 0) is 24.0 Å². The lowest BCUT2D eigenvalue weighted by Crippen LogP contribution is -2.28. The smallest absolute Gasteiger partial charge is 0.357 e. The van der Waals surface area contributed by atoms with Crippen LogP contribution in [0.2, 0.25) is 0 Å². The molecule has 0 saturated carbocycles. The molecule has 11 heteroatoms. The Morgan fingerprint density at radius 2 is 2.17 bits per heavy atom. The summed E-state index contributed by atoms with van der Waals surface area (Å²) in [5.41, 5.74) is -0.678. The number of rotatable bonds is 7. The van der Waals surface area contributed by atoms with Crippen molar-refractivity contribution >= 4 is 52.1 Å². The van der Waals surface area contributed by atoms with Crippen molar-refractivity contribution in [1.29, 1.82) is 0 Å². The van der Waals surface area contributed by atoms with Gasteiger partial charge < -0.3 is 20.0 Å². The number of hydrogen-bond acceptors (Lipinski definition) is 8. The second-order valence-corrected chi connectivity index (χ2v) is 6.48. The summed E-state index contributed by atoms with van der Waals surface area (Å²) in [5.74, 6) is -2.85. The number of thiazole rings is 1. The van der Waals surface area contributed by atoms with Crippen molar-refractivity contribution in [3.63, 3.8) is 0 Å². The van der Waals surface area contributed by atoms with Gasteiger partial charge in [-0.25, -0.2) is 14.6 Å². The third kappa shape index (κ3) is 6.92. The largest absolute Gasteiger partial charge is 0.477 e. The number of alkyl halides is 1. The number of esters is 1. The number of amides is 1. The maximum atomic E-state index is 12.2. The molecule has 0 radical (unpaired) electrons. The van der Waals surface area contributed by atoms with Crippen molar-refractivity contribution in [3.8, 4) is 0 Å². The standard InChI is InChI=1S/C13H16ClN3O6S/c1-13(2,3)22-11(21)10(23-15-5-9(19)20)7-6-24-12(16-7)17-8(18)4-14/h5-6,10H,4H2,1-3H3,(H,19,20)(H,16,17,18). The topological polar surface area (TPSA) is 127 Å². The minimum absolute atomic E-state index is 0.113. The molecule has 0 bridgehead atoms. The lowest BCUT2D eigenvalue weighted by Gasteiger charge is -2.22. The molecule has 0 aromatic carbocycles. The first kappa shape index (κ1) is 19.8. The molecule has 0 aliphatic rings. The highest BCUT2D eigenvalue weighted by molar-refractivity contribution is 7.14. The van der Waals surface area contributed by atoms with E-state index in [0.29, 0.717) is 6.21 Å². The Bertz CT molecular complexity index is 640. The number of carbonyl (C=O) groups is 3. The van der Waals surface area contributed by atoms with Crippen LogP contribution in [0.1, 0.15) is 32.6 Å². The zero-order chi connectivity index (χ0) is 18.3. The summed E-state index contributed by atoms with van der Waals surface area (Å²) in [6, 6.07) is 0. The first-order chi connectivity index (χ1) is 11.1. The van der Waals surface area contributed by atoms with Crippen LogP contribution < -0.4 is 5.32 Å². The summed E-state index contributed by atoms with van der Waals surface area (Å²) in [7, 11) is 0. The van der Waals surface area contributed by atoms with Crippen molar-refractivity contribution in [2.75, 3.05) is 11.2 Å². The third-order valence-electron chi connectivity index (χ3n) is 2.11. The number of carboxylic acids is 1. The minimum atomic E-state index is -1.38. The first-order valence-corrected chi connectivity index (χ1v) is 8.00. The van der Waals surface area contributed by atoms with E-state index in [1.807, 2.05) is 0 Å². The van der Waals surface area contributed by atoms with Crippen LogP contribution in [0.5, 0.6) is 0 Å². The van der Waals surface area contributed by atoms with Gasteiger partial charge in [-0.15, -0.1) is 22.9 Å². The van der Waals surface area contributed by atoms with E-state index < -0.39 is 29.6 Å². The van der Waals surface area contributed by atoms with Crippen LogP contribution >= 0.6 is 22.9 Å². The monoisotopic (exact) mass is 377 g/mol. The van der Waals surface area contributed by atoms with Crippen LogP contribution in [-0.4, -0.2) is 45.6 Å². The second kappa shape index (κ2) is 8.60. The van der Waals surface area contributed by atoms with Gasteiger partial charge in [-0.1, -0.05) is 5.16 Å². The van der Waals surface area contributed by atoms with Crippen molar-refractivity contribution < 1.29 is 29.1 Å². The van der Waals surface area contributed by atoms with Crippen LogP contribution in [0, 0.1) is 0 Å². The highest BCUT2D eigenvalue weighted by Gasteiger charge is 2.31. The molecule has 0 aliphatic heterocycles. The Hall–Kier alpha value is -2.20. The Balaban J connectivity index is 2.97. The van der Waals surface area contributed by atoms with Gasteiger partial charge in [0.1, 0.15) is 17.2 Å². The second-order valence-electron chi connectivity index (χ2n) is 5.35. The summed E-state index contributed by atoms with van der Waals surface area (Å²) < 4.78 is 5.19. The van der Waals surface area contributed by atoms with Gasteiger partial charge in [0.15, 0.2) is 11.3 Å². The molecule has 1 heterocycles. The molecule has 1 aromatic rings. The average Bonchev–Trinajstić information content (AvgIpc) is 2.89. The van der Waals surface area contributed by atoms with E-state index in [1.54, 1.807) is 20.8 Å². The van der Waals surface area contributed by atoms with Gasteiger partial charge in [0.05, 0.1) is 0 Å². The summed E-state index contributed by atoms with van der Waals surface area (Å²) in [6.07, 6.45) is -0.891. The lowest BCUT2D eigenvalue weighted by molar-refractivity contribution is -0.169. The number of hydrogen-bond donors (Lipinski definition) is 2. The molecular weight excluding hydrogens is 362 g/mol. The van der Waals surface area contributed by atoms with Crippen molar-refractivity contribution in [3.05, 3.63) is 11.1 Å². The van der Waals surface area contributed by atoms with Crippen LogP contribution in [0.3, 0.4) is 0 Å². The van der Waals surface area contributed by atoms with Crippen LogP contribution in [0.15, 0.2) is 10.5 Å². The predicted octanol–water partition coefficient (Wildman–Crippen LogP) is 1.79. The zero-order valence-electron chi connectivity index (χ0n) is 13.1. The number of anilines is 1. The Kier molecular flexibility index (Phi) is 7.11. The molecule has 9 nitrogen and oxygen atoms in total. The summed E-state index contributed by atoms with van der Waals surface area (Å²) in [5, 5.41) is 15.8. The summed E-state index contributed by atoms with van der Waals surface area (Å²) in [6.45, 7) is 4.99. The molecule has 1 amide bonds. The number of halogens is 1. The molecule has 0 aliphatic carbocycles. The van der Waals surface area contributed by atoms with E-state index in [1.165, 1.54) is 5.38 Å². The van der Waals surface area contributed by atoms with Crippen LogP contribution in [0.25, 0.3) is 0 Å². The molecule has 2 N–H and O–H groups in total. The van der Waals surface area contributed by atoms with Gasteiger partial charge in [-0.2, -0.15) is 0 Å². The molecule has 1 atom stereocenters.